The molecule has 0 aliphatic heterocycles. The second kappa shape index (κ2) is 7.96. The van der Waals surface area contributed by atoms with Gasteiger partial charge in [0, 0.05) is 25.6 Å². The Labute approximate surface area is 126 Å². The lowest BCUT2D eigenvalue weighted by molar-refractivity contribution is 0.189. The van der Waals surface area contributed by atoms with Crippen molar-refractivity contribution in [1.82, 2.24) is 9.88 Å². The van der Waals surface area contributed by atoms with E-state index < -0.39 is 0 Å². The molecule has 0 radical (unpaired) electrons. The lowest BCUT2D eigenvalue weighted by Crippen LogP contribution is -2.29. The fourth-order valence-electron chi connectivity index (χ4n) is 2.42. The number of hydrogen-bond acceptors (Lipinski definition) is 4. The molecule has 1 aromatic carbocycles. The smallest absolute Gasteiger partial charge is 0.181 e. The number of nitrogens with zero attached hydrogens (tertiary/aromatic N) is 2. The van der Waals surface area contributed by atoms with Gasteiger partial charge in [0.1, 0.15) is 5.76 Å². The van der Waals surface area contributed by atoms with E-state index in [1.165, 1.54) is 12.0 Å². The summed E-state index contributed by atoms with van der Waals surface area (Å²) in [5, 5.41) is 9.26. The molecule has 4 nitrogen and oxygen atoms in total. The van der Waals surface area contributed by atoms with Gasteiger partial charge in [0.15, 0.2) is 6.39 Å². The second-order valence-corrected chi connectivity index (χ2v) is 5.55. The van der Waals surface area contributed by atoms with Gasteiger partial charge in [-0.25, -0.2) is 4.98 Å². The molecule has 21 heavy (non-hydrogen) atoms. The Morgan fingerprint density at radius 3 is 2.62 bits per heavy atom. The summed E-state index contributed by atoms with van der Waals surface area (Å²) in [5.74, 6) is 1.27. The summed E-state index contributed by atoms with van der Waals surface area (Å²) in [6.45, 7) is 6.63. The van der Waals surface area contributed by atoms with Crippen LogP contribution in [0.4, 0.5) is 0 Å². The third kappa shape index (κ3) is 4.69. The van der Waals surface area contributed by atoms with Crippen LogP contribution < -0.4 is 0 Å². The number of rotatable bonds is 8. The van der Waals surface area contributed by atoms with Crippen LogP contribution in [-0.2, 0) is 13.0 Å². The molecule has 2 aromatic rings. The van der Waals surface area contributed by atoms with Gasteiger partial charge < -0.3 is 9.52 Å². The monoisotopic (exact) mass is 288 g/mol. The molecule has 0 spiro atoms. The van der Waals surface area contributed by atoms with Crippen molar-refractivity contribution >= 4 is 0 Å². The van der Waals surface area contributed by atoms with Gasteiger partial charge in [-0.15, -0.1) is 0 Å². The van der Waals surface area contributed by atoms with E-state index in [9.17, 15) is 5.11 Å². The first-order valence-corrected chi connectivity index (χ1v) is 7.50. The van der Waals surface area contributed by atoms with Crippen molar-refractivity contribution < 1.29 is 9.52 Å². The Morgan fingerprint density at radius 2 is 1.95 bits per heavy atom. The molecule has 0 fully saturated rings. The largest absolute Gasteiger partial charge is 0.448 e. The zero-order valence-electron chi connectivity index (χ0n) is 12.8. The van der Waals surface area contributed by atoms with E-state index in [0.717, 1.165) is 31.0 Å². The third-order valence-electron chi connectivity index (χ3n) is 3.55. The Bertz CT molecular complexity index is 523. The third-order valence-corrected chi connectivity index (χ3v) is 3.55. The lowest BCUT2D eigenvalue weighted by Gasteiger charge is -2.21. The summed E-state index contributed by atoms with van der Waals surface area (Å²) in [5.41, 5.74) is 2.29. The summed E-state index contributed by atoms with van der Waals surface area (Å²) in [7, 11) is 0. The molecule has 0 aliphatic rings. The summed E-state index contributed by atoms with van der Waals surface area (Å²) < 4.78 is 5.47. The van der Waals surface area contributed by atoms with Crippen LogP contribution in [0.15, 0.2) is 41.1 Å². The van der Waals surface area contributed by atoms with Crippen LogP contribution in [0.1, 0.15) is 36.8 Å². The van der Waals surface area contributed by atoms with Crippen LogP contribution in [0, 0.1) is 0 Å². The zero-order chi connectivity index (χ0) is 15.1. The zero-order valence-corrected chi connectivity index (χ0v) is 12.8. The van der Waals surface area contributed by atoms with Crippen LogP contribution in [-0.4, -0.2) is 34.7 Å². The molecule has 2 rings (SSSR count). The van der Waals surface area contributed by atoms with Crippen LogP contribution in [0.5, 0.6) is 0 Å². The van der Waals surface area contributed by atoms with Gasteiger partial charge >= 0.3 is 0 Å². The number of oxazole rings is 1. The number of aliphatic hydroxyl groups excluding tert-OH is 1. The molecular weight excluding hydrogens is 264 g/mol. The fourth-order valence-corrected chi connectivity index (χ4v) is 2.42. The van der Waals surface area contributed by atoms with Gasteiger partial charge in [0.25, 0.3) is 0 Å². The molecule has 0 atom stereocenters. The van der Waals surface area contributed by atoms with E-state index in [-0.39, 0.29) is 6.61 Å². The minimum absolute atomic E-state index is 0.156. The Kier molecular flexibility index (Phi) is 5.96. The maximum absolute atomic E-state index is 9.26. The van der Waals surface area contributed by atoms with Crippen molar-refractivity contribution in [3.63, 3.8) is 0 Å². The minimum Gasteiger partial charge on any atom is -0.448 e. The number of benzene rings is 1. The van der Waals surface area contributed by atoms with Gasteiger partial charge in [-0.3, -0.25) is 4.90 Å². The summed E-state index contributed by atoms with van der Waals surface area (Å²) in [6, 6.07) is 10.4. The van der Waals surface area contributed by atoms with Gasteiger partial charge in [0.05, 0.1) is 12.3 Å². The lowest BCUT2D eigenvalue weighted by atomic mass is 10.1. The standard InChI is InChI=1S/C17H24N2O2/c1-14(2)17-16(18-13-21-17)12-19(10-11-20)9-8-15-6-4-3-5-7-15/h3-7,13-14,20H,8-12H2,1-2H3. The van der Waals surface area contributed by atoms with Gasteiger partial charge in [-0.05, 0) is 12.0 Å². The Balaban J connectivity index is 1.97. The van der Waals surface area contributed by atoms with Crippen LogP contribution in [0.3, 0.4) is 0 Å². The molecule has 1 heterocycles. The van der Waals surface area contributed by atoms with Crippen molar-refractivity contribution in [1.29, 1.82) is 0 Å². The summed E-state index contributed by atoms with van der Waals surface area (Å²) in [4.78, 5) is 6.54. The highest BCUT2D eigenvalue weighted by molar-refractivity contribution is 5.15. The second-order valence-electron chi connectivity index (χ2n) is 5.55. The molecule has 0 saturated heterocycles. The SMILES string of the molecule is CC(C)c1ocnc1CN(CCO)CCc1ccccc1. The van der Waals surface area contributed by atoms with E-state index in [2.05, 4.69) is 48.0 Å². The molecule has 0 bridgehead atoms. The average Bonchev–Trinajstić information content (AvgIpc) is 2.94. The van der Waals surface area contributed by atoms with Crippen molar-refractivity contribution in [3.8, 4) is 0 Å². The summed E-state index contributed by atoms with van der Waals surface area (Å²) in [6.07, 6.45) is 2.48. The number of hydrogen-bond donors (Lipinski definition) is 1. The highest BCUT2D eigenvalue weighted by Gasteiger charge is 2.15. The Hall–Kier alpha value is -1.65. The van der Waals surface area contributed by atoms with E-state index >= 15 is 0 Å². The molecule has 114 valence electrons. The highest BCUT2D eigenvalue weighted by Crippen LogP contribution is 2.19. The first kappa shape index (κ1) is 15.7. The fraction of sp³-hybridized carbons (Fsp3) is 0.471. The van der Waals surface area contributed by atoms with Crippen molar-refractivity contribution in [2.75, 3.05) is 19.7 Å². The quantitative estimate of drug-likeness (QED) is 0.811. The van der Waals surface area contributed by atoms with Crippen LogP contribution >= 0.6 is 0 Å². The van der Waals surface area contributed by atoms with Gasteiger partial charge in [0.2, 0.25) is 0 Å². The molecule has 1 aromatic heterocycles. The first-order chi connectivity index (χ1) is 10.2. The van der Waals surface area contributed by atoms with E-state index in [1.54, 1.807) is 0 Å². The maximum Gasteiger partial charge on any atom is 0.181 e. The van der Waals surface area contributed by atoms with Gasteiger partial charge in [-0.1, -0.05) is 44.2 Å². The van der Waals surface area contributed by atoms with Crippen molar-refractivity contribution in [2.24, 2.45) is 0 Å². The molecule has 0 unspecified atom stereocenters. The van der Waals surface area contributed by atoms with Crippen molar-refractivity contribution in [2.45, 2.75) is 32.7 Å². The van der Waals surface area contributed by atoms with Gasteiger partial charge in [-0.2, -0.15) is 0 Å². The predicted octanol–water partition coefficient (Wildman–Crippen LogP) is 2.84. The van der Waals surface area contributed by atoms with E-state index in [4.69, 9.17) is 4.42 Å². The van der Waals surface area contributed by atoms with Crippen LogP contribution in [0.25, 0.3) is 0 Å². The molecule has 4 heteroatoms. The summed E-state index contributed by atoms with van der Waals surface area (Å²) >= 11 is 0. The molecule has 0 amide bonds. The molecule has 0 aliphatic carbocycles. The molecular formula is C17H24N2O2. The predicted molar refractivity (Wildman–Crippen MR) is 83.1 cm³/mol. The number of aliphatic hydroxyl groups is 1. The van der Waals surface area contributed by atoms with Crippen molar-refractivity contribution in [3.05, 3.63) is 53.7 Å². The maximum atomic E-state index is 9.26. The normalized spacial score (nSPS) is 11.5. The topological polar surface area (TPSA) is 49.5 Å². The average molecular weight is 288 g/mol. The van der Waals surface area contributed by atoms with E-state index in [0.29, 0.717) is 12.5 Å². The highest BCUT2D eigenvalue weighted by atomic mass is 16.3. The Morgan fingerprint density at radius 1 is 1.19 bits per heavy atom. The molecule has 1 N–H and O–H groups in total. The van der Waals surface area contributed by atoms with E-state index in [1.807, 2.05) is 6.07 Å². The molecule has 0 saturated carbocycles. The number of aromatic nitrogens is 1. The minimum atomic E-state index is 0.156. The van der Waals surface area contributed by atoms with Crippen LogP contribution in [0.2, 0.25) is 0 Å². The first-order valence-electron chi connectivity index (χ1n) is 7.50.